The van der Waals surface area contributed by atoms with E-state index in [1.165, 1.54) is 43.4 Å². The molecule has 2 heteroatoms. The second kappa shape index (κ2) is 7.42. The first kappa shape index (κ1) is 16.5. The summed E-state index contributed by atoms with van der Waals surface area (Å²) in [6.07, 6.45) is 6.07. The van der Waals surface area contributed by atoms with Gasteiger partial charge in [-0.1, -0.05) is 51.5 Å². The summed E-state index contributed by atoms with van der Waals surface area (Å²) in [6, 6.07) is 8.94. The van der Waals surface area contributed by atoms with Crippen molar-refractivity contribution in [2.24, 2.45) is 11.7 Å². The first-order chi connectivity index (χ1) is 10.1. The molecule has 1 aromatic rings. The Morgan fingerprint density at radius 2 is 1.95 bits per heavy atom. The zero-order chi connectivity index (χ0) is 15.3. The maximum Gasteiger partial charge on any atom is 0.0335 e. The van der Waals surface area contributed by atoms with E-state index >= 15 is 0 Å². The predicted octanol–water partition coefficient (Wildman–Crippen LogP) is 3.98. The molecule has 2 rings (SSSR count). The van der Waals surface area contributed by atoms with Gasteiger partial charge in [-0.2, -0.15) is 0 Å². The third-order valence-electron chi connectivity index (χ3n) is 5.49. The van der Waals surface area contributed by atoms with Crippen molar-refractivity contribution < 1.29 is 0 Å². The summed E-state index contributed by atoms with van der Waals surface area (Å²) in [7, 11) is 0. The average Bonchev–Trinajstić information content (AvgIpc) is 2.75. The summed E-state index contributed by atoms with van der Waals surface area (Å²) in [6.45, 7) is 9.99. The minimum atomic E-state index is 0.173. The molecular formula is C19H32N2. The number of aryl methyl sites for hydroxylation is 1. The molecule has 1 aliphatic heterocycles. The van der Waals surface area contributed by atoms with Gasteiger partial charge in [0.05, 0.1) is 0 Å². The molecule has 0 radical (unpaired) electrons. The highest BCUT2D eigenvalue weighted by Gasteiger charge is 2.35. The van der Waals surface area contributed by atoms with Gasteiger partial charge in [0, 0.05) is 18.6 Å². The molecule has 1 aliphatic rings. The van der Waals surface area contributed by atoms with Crippen molar-refractivity contribution in [2.45, 2.75) is 65.0 Å². The van der Waals surface area contributed by atoms with Gasteiger partial charge >= 0.3 is 0 Å². The van der Waals surface area contributed by atoms with Crippen LogP contribution in [0.4, 0.5) is 0 Å². The Hall–Kier alpha value is -0.860. The van der Waals surface area contributed by atoms with Gasteiger partial charge in [-0.3, -0.25) is 4.90 Å². The highest BCUT2D eigenvalue weighted by Crippen LogP contribution is 2.32. The summed E-state index contributed by atoms with van der Waals surface area (Å²) >= 11 is 0. The Bertz CT molecular complexity index is 437. The lowest BCUT2D eigenvalue weighted by atomic mass is 9.82. The van der Waals surface area contributed by atoms with Gasteiger partial charge in [-0.25, -0.2) is 0 Å². The number of nitrogens with two attached hydrogens (primary N) is 1. The summed E-state index contributed by atoms with van der Waals surface area (Å²) in [5, 5.41) is 0. The quantitative estimate of drug-likeness (QED) is 0.858. The molecule has 0 fully saturated rings. The Balaban J connectivity index is 2.24. The Morgan fingerprint density at radius 3 is 2.57 bits per heavy atom. The van der Waals surface area contributed by atoms with Crippen LogP contribution >= 0.6 is 0 Å². The van der Waals surface area contributed by atoms with Gasteiger partial charge in [-0.15, -0.1) is 0 Å². The first-order valence-electron chi connectivity index (χ1n) is 8.67. The molecule has 2 nitrogen and oxygen atoms in total. The molecule has 21 heavy (non-hydrogen) atoms. The van der Waals surface area contributed by atoms with Crippen LogP contribution in [0.15, 0.2) is 24.3 Å². The highest BCUT2D eigenvalue weighted by atomic mass is 15.2. The molecule has 0 amide bonds. The molecule has 118 valence electrons. The SMILES string of the molecule is CCC(C)CC(CC)(CN)N1CCCc2ccccc2C1. The maximum atomic E-state index is 6.28. The predicted molar refractivity (Wildman–Crippen MR) is 91.3 cm³/mol. The number of rotatable bonds is 6. The summed E-state index contributed by atoms with van der Waals surface area (Å²) < 4.78 is 0. The number of hydrogen-bond donors (Lipinski definition) is 1. The van der Waals surface area contributed by atoms with Crippen molar-refractivity contribution in [1.82, 2.24) is 4.90 Å². The molecule has 0 saturated carbocycles. The maximum absolute atomic E-state index is 6.28. The molecule has 0 aliphatic carbocycles. The van der Waals surface area contributed by atoms with Crippen LogP contribution < -0.4 is 5.73 Å². The van der Waals surface area contributed by atoms with Crippen LogP contribution in [0, 0.1) is 5.92 Å². The van der Waals surface area contributed by atoms with Crippen molar-refractivity contribution in [1.29, 1.82) is 0 Å². The Kier molecular flexibility index (Phi) is 5.83. The molecule has 1 aromatic carbocycles. The third kappa shape index (κ3) is 3.67. The van der Waals surface area contributed by atoms with E-state index in [9.17, 15) is 0 Å². The molecular weight excluding hydrogens is 256 g/mol. The smallest absolute Gasteiger partial charge is 0.0335 e. The van der Waals surface area contributed by atoms with Gasteiger partial charge in [-0.05, 0) is 49.3 Å². The van der Waals surface area contributed by atoms with Crippen LogP contribution in [0.25, 0.3) is 0 Å². The van der Waals surface area contributed by atoms with E-state index < -0.39 is 0 Å². The Morgan fingerprint density at radius 1 is 1.24 bits per heavy atom. The Labute approximate surface area is 130 Å². The molecule has 0 saturated heterocycles. The summed E-state index contributed by atoms with van der Waals surface area (Å²) in [5.74, 6) is 0.743. The molecule has 0 aromatic heterocycles. The van der Waals surface area contributed by atoms with Crippen molar-refractivity contribution in [3.05, 3.63) is 35.4 Å². The number of benzene rings is 1. The van der Waals surface area contributed by atoms with Gasteiger partial charge < -0.3 is 5.73 Å². The van der Waals surface area contributed by atoms with Crippen molar-refractivity contribution in [3.63, 3.8) is 0 Å². The van der Waals surface area contributed by atoms with Crippen LogP contribution in [0.2, 0.25) is 0 Å². The minimum Gasteiger partial charge on any atom is -0.329 e. The van der Waals surface area contributed by atoms with Crippen molar-refractivity contribution in [2.75, 3.05) is 13.1 Å². The number of hydrogen-bond acceptors (Lipinski definition) is 2. The van der Waals surface area contributed by atoms with Crippen LogP contribution in [-0.4, -0.2) is 23.5 Å². The zero-order valence-corrected chi connectivity index (χ0v) is 14.1. The van der Waals surface area contributed by atoms with Crippen LogP contribution in [-0.2, 0) is 13.0 Å². The van der Waals surface area contributed by atoms with Gasteiger partial charge in [0.2, 0.25) is 0 Å². The van der Waals surface area contributed by atoms with E-state index in [1.54, 1.807) is 0 Å². The van der Waals surface area contributed by atoms with E-state index in [2.05, 4.69) is 49.9 Å². The fourth-order valence-corrected chi connectivity index (χ4v) is 3.75. The molecule has 2 atom stereocenters. The molecule has 2 N–H and O–H groups in total. The second-order valence-corrected chi connectivity index (χ2v) is 6.79. The zero-order valence-electron chi connectivity index (χ0n) is 14.1. The second-order valence-electron chi connectivity index (χ2n) is 6.79. The van der Waals surface area contributed by atoms with Crippen LogP contribution in [0.1, 0.15) is 57.6 Å². The van der Waals surface area contributed by atoms with E-state index in [0.717, 1.165) is 25.4 Å². The molecule has 0 spiro atoms. The largest absolute Gasteiger partial charge is 0.329 e. The van der Waals surface area contributed by atoms with E-state index in [0.29, 0.717) is 0 Å². The molecule has 0 bridgehead atoms. The fraction of sp³-hybridized carbons (Fsp3) is 0.684. The van der Waals surface area contributed by atoms with Crippen LogP contribution in [0.3, 0.4) is 0 Å². The lowest BCUT2D eigenvalue weighted by molar-refractivity contribution is 0.0595. The standard InChI is InChI=1S/C19H32N2/c1-4-16(3)13-19(5-2,15-20)21-12-8-11-17-9-6-7-10-18(17)14-21/h6-7,9-10,16H,4-5,8,11-15,20H2,1-3H3. The van der Waals surface area contributed by atoms with Crippen molar-refractivity contribution in [3.8, 4) is 0 Å². The van der Waals surface area contributed by atoms with Gasteiger partial charge in [0.1, 0.15) is 0 Å². The third-order valence-corrected chi connectivity index (χ3v) is 5.49. The minimum absolute atomic E-state index is 0.173. The molecule has 2 unspecified atom stereocenters. The highest BCUT2D eigenvalue weighted by molar-refractivity contribution is 5.28. The number of fused-ring (bicyclic) bond motifs is 1. The lowest BCUT2D eigenvalue weighted by Gasteiger charge is -2.44. The van der Waals surface area contributed by atoms with Gasteiger partial charge in [0.25, 0.3) is 0 Å². The fourth-order valence-electron chi connectivity index (χ4n) is 3.75. The van der Waals surface area contributed by atoms with Crippen molar-refractivity contribution >= 4 is 0 Å². The van der Waals surface area contributed by atoms with E-state index in [-0.39, 0.29) is 5.54 Å². The van der Waals surface area contributed by atoms with E-state index in [1.807, 2.05) is 0 Å². The normalized spacial score (nSPS) is 20.4. The number of nitrogens with zero attached hydrogens (tertiary/aromatic N) is 1. The summed E-state index contributed by atoms with van der Waals surface area (Å²) in [4.78, 5) is 2.69. The average molecular weight is 288 g/mol. The molecule has 1 heterocycles. The summed E-state index contributed by atoms with van der Waals surface area (Å²) in [5.41, 5.74) is 9.49. The van der Waals surface area contributed by atoms with E-state index in [4.69, 9.17) is 5.73 Å². The monoisotopic (exact) mass is 288 g/mol. The topological polar surface area (TPSA) is 29.3 Å². The van der Waals surface area contributed by atoms with Gasteiger partial charge in [0.15, 0.2) is 0 Å². The first-order valence-corrected chi connectivity index (χ1v) is 8.67. The van der Waals surface area contributed by atoms with Crippen LogP contribution in [0.5, 0.6) is 0 Å². The lowest BCUT2D eigenvalue weighted by Crippen LogP contribution is -2.54.